The van der Waals surface area contributed by atoms with Crippen LogP contribution in [0.4, 0.5) is 8.78 Å². The first-order valence-electron chi connectivity index (χ1n) is 4.43. The summed E-state index contributed by atoms with van der Waals surface area (Å²) in [5, 5.41) is 2.45. The maximum Gasteiger partial charge on any atom is 0.254 e. The maximum absolute atomic E-state index is 13.1. The quantitative estimate of drug-likeness (QED) is 0.763. The van der Waals surface area contributed by atoms with Crippen molar-refractivity contribution < 1.29 is 13.6 Å². The topological polar surface area (TPSA) is 29.1 Å². The summed E-state index contributed by atoms with van der Waals surface area (Å²) < 4.78 is 25.9. The van der Waals surface area contributed by atoms with Crippen molar-refractivity contribution in [1.82, 2.24) is 5.32 Å². The minimum absolute atomic E-state index is 0.292. The average molecular weight is 211 g/mol. The van der Waals surface area contributed by atoms with E-state index in [-0.39, 0.29) is 11.6 Å². The standard InChI is InChI=1S/C11H11F2NO/c1-3-7(2)14-11(15)8-5-4-6-9(12)10(8)13/h3-7H,1H2,2H3,(H,14,15). The van der Waals surface area contributed by atoms with Gasteiger partial charge in [-0.3, -0.25) is 4.79 Å². The normalized spacial score (nSPS) is 11.9. The number of halogens is 2. The summed E-state index contributed by atoms with van der Waals surface area (Å²) in [6.07, 6.45) is 1.50. The van der Waals surface area contributed by atoms with Crippen LogP contribution >= 0.6 is 0 Å². The van der Waals surface area contributed by atoms with E-state index in [1.54, 1.807) is 6.92 Å². The van der Waals surface area contributed by atoms with Crippen LogP contribution in [0.2, 0.25) is 0 Å². The number of carbonyl (C=O) groups excluding carboxylic acids is 1. The van der Waals surface area contributed by atoms with Gasteiger partial charge in [0.15, 0.2) is 11.6 Å². The fourth-order valence-corrected chi connectivity index (χ4v) is 1.02. The van der Waals surface area contributed by atoms with Crippen molar-refractivity contribution in [2.45, 2.75) is 13.0 Å². The van der Waals surface area contributed by atoms with Gasteiger partial charge in [-0.1, -0.05) is 12.1 Å². The molecule has 1 unspecified atom stereocenters. The Morgan fingerprint density at radius 2 is 2.20 bits per heavy atom. The van der Waals surface area contributed by atoms with Crippen LogP contribution in [0.15, 0.2) is 30.9 Å². The van der Waals surface area contributed by atoms with E-state index in [0.29, 0.717) is 0 Å². The summed E-state index contributed by atoms with van der Waals surface area (Å²) in [4.78, 5) is 11.4. The predicted octanol–water partition coefficient (Wildman–Crippen LogP) is 2.27. The Bertz CT molecular complexity index is 390. The average Bonchev–Trinajstić information content (AvgIpc) is 2.21. The molecular formula is C11H11F2NO. The highest BCUT2D eigenvalue weighted by Gasteiger charge is 2.15. The van der Waals surface area contributed by atoms with E-state index in [1.807, 2.05) is 0 Å². The molecule has 15 heavy (non-hydrogen) atoms. The van der Waals surface area contributed by atoms with Gasteiger partial charge in [0.1, 0.15) is 0 Å². The van der Waals surface area contributed by atoms with E-state index >= 15 is 0 Å². The molecule has 1 amide bonds. The molecule has 0 aliphatic carbocycles. The number of carbonyl (C=O) groups is 1. The number of nitrogens with one attached hydrogen (secondary N) is 1. The minimum Gasteiger partial charge on any atom is -0.346 e. The SMILES string of the molecule is C=CC(C)NC(=O)c1cccc(F)c1F. The highest BCUT2D eigenvalue weighted by atomic mass is 19.2. The zero-order chi connectivity index (χ0) is 11.4. The Labute approximate surface area is 86.6 Å². The van der Waals surface area contributed by atoms with E-state index in [4.69, 9.17) is 0 Å². The largest absolute Gasteiger partial charge is 0.346 e. The van der Waals surface area contributed by atoms with Gasteiger partial charge in [-0.15, -0.1) is 6.58 Å². The lowest BCUT2D eigenvalue weighted by Gasteiger charge is -2.09. The molecule has 0 radical (unpaired) electrons. The number of benzene rings is 1. The third-order valence-corrected chi connectivity index (χ3v) is 1.91. The molecule has 2 nitrogen and oxygen atoms in total. The maximum atomic E-state index is 13.1. The molecule has 80 valence electrons. The number of rotatable bonds is 3. The van der Waals surface area contributed by atoms with Gasteiger partial charge in [0.25, 0.3) is 5.91 Å². The van der Waals surface area contributed by atoms with Gasteiger partial charge in [-0.05, 0) is 19.1 Å². The van der Waals surface area contributed by atoms with Gasteiger partial charge in [0, 0.05) is 6.04 Å². The molecule has 0 saturated heterocycles. The van der Waals surface area contributed by atoms with Crippen molar-refractivity contribution >= 4 is 5.91 Å². The summed E-state index contributed by atoms with van der Waals surface area (Å²) in [5.74, 6) is -2.82. The highest BCUT2D eigenvalue weighted by molar-refractivity contribution is 5.94. The second kappa shape index (κ2) is 4.68. The lowest BCUT2D eigenvalue weighted by atomic mass is 10.2. The third-order valence-electron chi connectivity index (χ3n) is 1.91. The van der Waals surface area contributed by atoms with Crippen molar-refractivity contribution in [3.8, 4) is 0 Å². The molecule has 1 rings (SSSR count). The van der Waals surface area contributed by atoms with Gasteiger partial charge < -0.3 is 5.32 Å². The molecule has 1 N–H and O–H groups in total. The van der Waals surface area contributed by atoms with Crippen LogP contribution in [0.3, 0.4) is 0 Å². The van der Waals surface area contributed by atoms with Crippen LogP contribution in [0.5, 0.6) is 0 Å². The fourth-order valence-electron chi connectivity index (χ4n) is 1.02. The van der Waals surface area contributed by atoms with Gasteiger partial charge in [-0.25, -0.2) is 8.78 Å². The van der Waals surface area contributed by atoms with Crippen LogP contribution in [0, 0.1) is 11.6 Å². The molecule has 0 spiro atoms. The van der Waals surface area contributed by atoms with Crippen LogP contribution in [0.1, 0.15) is 17.3 Å². The molecule has 0 fully saturated rings. The van der Waals surface area contributed by atoms with Crippen molar-refractivity contribution in [2.75, 3.05) is 0 Å². The van der Waals surface area contributed by atoms with Gasteiger partial charge >= 0.3 is 0 Å². The first kappa shape index (κ1) is 11.4. The van der Waals surface area contributed by atoms with Crippen LogP contribution in [-0.2, 0) is 0 Å². The smallest absolute Gasteiger partial charge is 0.254 e. The zero-order valence-corrected chi connectivity index (χ0v) is 8.26. The Hall–Kier alpha value is -1.71. The molecule has 1 aromatic carbocycles. The second-order valence-corrected chi connectivity index (χ2v) is 3.10. The number of hydrogen-bond acceptors (Lipinski definition) is 1. The minimum atomic E-state index is -1.13. The molecule has 0 aliphatic rings. The molecule has 0 aliphatic heterocycles. The summed E-state index contributed by atoms with van der Waals surface area (Å²) >= 11 is 0. The summed E-state index contributed by atoms with van der Waals surface area (Å²) in [6, 6.07) is 3.18. The first-order valence-corrected chi connectivity index (χ1v) is 4.43. The zero-order valence-electron chi connectivity index (χ0n) is 8.26. The van der Waals surface area contributed by atoms with Gasteiger partial charge in [-0.2, -0.15) is 0 Å². The van der Waals surface area contributed by atoms with Crippen LogP contribution in [-0.4, -0.2) is 11.9 Å². The van der Waals surface area contributed by atoms with E-state index in [0.717, 1.165) is 6.07 Å². The molecule has 1 atom stereocenters. The Balaban J connectivity index is 2.91. The fraction of sp³-hybridized carbons (Fsp3) is 0.182. The van der Waals surface area contributed by atoms with E-state index < -0.39 is 17.5 Å². The van der Waals surface area contributed by atoms with Crippen LogP contribution < -0.4 is 5.32 Å². The second-order valence-electron chi connectivity index (χ2n) is 3.10. The molecular weight excluding hydrogens is 200 g/mol. The van der Waals surface area contributed by atoms with E-state index in [1.165, 1.54) is 18.2 Å². The lowest BCUT2D eigenvalue weighted by molar-refractivity contribution is 0.0942. The summed E-state index contributed by atoms with van der Waals surface area (Å²) in [5.41, 5.74) is -0.302. The number of hydrogen-bond donors (Lipinski definition) is 1. The van der Waals surface area contributed by atoms with Crippen molar-refractivity contribution in [2.24, 2.45) is 0 Å². The third kappa shape index (κ3) is 2.62. The van der Waals surface area contributed by atoms with Crippen LogP contribution in [0.25, 0.3) is 0 Å². The van der Waals surface area contributed by atoms with Crippen molar-refractivity contribution in [3.05, 3.63) is 48.1 Å². The summed E-state index contributed by atoms with van der Waals surface area (Å²) in [6.45, 7) is 5.15. The molecule has 0 heterocycles. The molecule has 1 aromatic rings. The Morgan fingerprint density at radius 1 is 1.53 bits per heavy atom. The van der Waals surface area contributed by atoms with E-state index in [9.17, 15) is 13.6 Å². The Morgan fingerprint density at radius 3 is 2.80 bits per heavy atom. The molecule has 0 bridgehead atoms. The molecule has 4 heteroatoms. The molecule has 0 saturated carbocycles. The molecule has 0 aromatic heterocycles. The number of amides is 1. The first-order chi connectivity index (χ1) is 7.06. The van der Waals surface area contributed by atoms with Gasteiger partial charge in [0.2, 0.25) is 0 Å². The van der Waals surface area contributed by atoms with Crippen molar-refractivity contribution in [1.29, 1.82) is 0 Å². The Kier molecular flexibility index (Phi) is 3.55. The monoisotopic (exact) mass is 211 g/mol. The van der Waals surface area contributed by atoms with Gasteiger partial charge in [0.05, 0.1) is 5.56 Å². The van der Waals surface area contributed by atoms with Crippen molar-refractivity contribution in [3.63, 3.8) is 0 Å². The lowest BCUT2D eigenvalue weighted by Crippen LogP contribution is -2.31. The highest BCUT2D eigenvalue weighted by Crippen LogP contribution is 2.11. The predicted molar refractivity (Wildman–Crippen MR) is 53.5 cm³/mol. The van der Waals surface area contributed by atoms with E-state index in [2.05, 4.69) is 11.9 Å². The summed E-state index contributed by atoms with van der Waals surface area (Å²) in [7, 11) is 0.